The number of rotatable bonds is 7. The summed E-state index contributed by atoms with van der Waals surface area (Å²) in [7, 11) is 0. The molecule has 1 unspecified atom stereocenters. The summed E-state index contributed by atoms with van der Waals surface area (Å²) >= 11 is 1.50. The van der Waals surface area contributed by atoms with Gasteiger partial charge < -0.3 is 11.1 Å². The predicted octanol–water partition coefficient (Wildman–Crippen LogP) is 1.91. The molecule has 0 aromatic carbocycles. The molecular formula is C14H19N5OS. The number of nitrogens with one attached hydrogen (secondary N) is 1. The van der Waals surface area contributed by atoms with Gasteiger partial charge in [-0.1, -0.05) is 11.3 Å². The zero-order chi connectivity index (χ0) is 15.1. The minimum atomic E-state index is -0.0952. The number of nitrogens with two attached hydrogens (primary N) is 1. The van der Waals surface area contributed by atoms with E-state index < -0.39 is 0 Å². The van der Waals surface area contributed by atoms with Crippen molar-refractivity contribution in [3.63, 3.8) is 0 Å². The molecule has 1 atom stereocenters. The van der Waals surface area contributed by atoms with Crippen molar-refractivity contribution in [2.75, 3.05) is 6.54 Å². The molecule has 2 rings (SSSR count). The number of pyridine rings is 1. The molecule has 0 aliphatic carbocycles. The summed E-state index contributed by atoms with van der Waals surface area (Å²) in [5, 5.41) is 13.0. The lowest BCUT2D eigenvalue weighted by molar-refractivity contribution is -0.119. The van der Waals surface area contributed by atoms with Crippen LogP contribution in [0.1, 0.15) is 37.2 Å². The molecular weight excluding hydrogens is 286 g/mol. The van der Waals surface area contributed by atoms with Gasteiger partial charge in [0.1, 0.15) is 10.0 Å². The molecule has 2 aromatic heterocycles. The van der Waals surface area contributed by atoms with E-state index in [4.69, 9.17) is 5.73 Å². The second-order valence-electron chi connectivity index (χ2n) is 4.72. The predicted molar refractivity (Wildman–Crippen MR) is 82.6 cm³/mol. The zero-order valence-electron chi connectivity index (χ0n) is 12.0. The van der Waals surface area contributed by atoms with Crippen LogP contribution in [-0.4, -0.2) is 27.6 Å². The molecule has 0 aliphatic heterocycles. The zero-order valence-corrected chi connectivity index (χ0v) is 12.8. The van der Waals surface area contributed by atoms with Crippen molar-refractivity contribution in [3.05, 3.63) is 29.5 Å². The minimum absolute atomic E-state index is 0.0617. The highest BCUT2D eigenvalue weighted by atomic mass is 32.1. The van der Waals surface area contributed by atoms with Crippen LogP contribution < -0.4 is 11.1 Å². The Balaban J connectivity index is 2.12. The first-order valence-electron chi connectivity index (χ1n) is 6.91. The van der Waals surface area contributed by atoms with Crippen molar-refractivity contribution in [1.29, 1.82) is 0 Å². The first-order valence-corrected chi connectivity index (χ1v) is 7.73. The van der Waals surface area contributed by atoms with Gasteiger partial charge in [-0.3, -0.25) is 9.78 Å². The number of carbonyl (C=O) groups is 1. The quantitative estimate of drug-likeness (QED) is 0.762. The Bertz CT molecular complexity index is 572. The number of unbranched alkanes of at least 4 members (excludes halogenated alkanes) is 1. The number of carbonyl (C=O) groups excluding carboxylic acids is 1. The largest absolute Gasteiger partial charge is 0.347 e. The summed E-state index contributed by atoms with van der Waals surface area (Å²) in [5.41, 5.74) is 6.50. The summed E-state index contributed by atoms with van der Waals surface area (Å²) in [6, 6.07) is 3.69. The molecule has 0 aliphatic rings. The normalized spacial score (nSPS) is 12.1. The fourth-order valence-electron chi connectivity index (χ4n) is 1.98. The van der Waals surface area contributed by atoms with Crippen molar-refractivity contribution in [1.82, 2.24) is 20.5 Å². The summed E-state index contributed by atoms with van der Waals surface area (Å²) in [6.45, 7) is 2.17. The number of aromatic nitrogens is 3. The number of hydrogen-bond donors (Lipinski definition) is 2. The molecule has 0 saturated carbocycles. The summed E-state index contributed by atoms with van der Waals surface area (Å²) in [5.74, 6) is -0.0617. The fourth-order valence-corrected chi connectivity index (χ4v) is 2.92. The number of nitrogens with zero attached hydrogens (tertiary/aromatic N) is 3. The average molecular weight is 305 g/mol. The van der Waals surface area contributed by atoms with Crippen molar-refractivity contribution in [3.8, 4) is 10.6 Å². The van der Waals surface area contributed by atoms with Crippen LogP contribution in [0, 0.1) is 0 Å². The van der Waals surface area contributed by atoms with Gasteiger partial charge in [0, 0.05) is 24.9 Å². The molecule has 1 amide bonds. The molecule has 3 N–H and O–H groups in total. The second kappa shape index (κ2) is 7.80. The van der Waals surface area contributed by atoms with E-state index in [1.54, 1.807) is 12.4 Å². The van der Waals surface area contributed by atoms with E-state index in [9.17, 15) is 4.79 Å². The summed E-state index contributed by atoms with van der Waals surface area (Å²) in [6.07, 6.45) is 6.16. The van der Waals surface area contributed by atoms with Gasteiger partial charge in [0.25, 0.3) is 0 Å². The van der Waals surface area contributed by atoms with E-state index in [2.05, 4.69) is 20.5 Å². The number of hydrogen-bond acceptors (Lipinski definition) is 6. The molecule has 6 nitrogen and oxygen atoms in total. The van der Waals surface area contributed by atoms with Crippen molar-refractivity contribution >= 4 is 17.2 Å². The molecule has 0 saturated heterocycles. The highest BCUT2D eigenvalue weighted by Crippen LogP contribution is 2.28. The highest BCUT2D eigenvalue weighted by Gasteiger charge is 2.18. The standard InChI is InChI=1S/C14H19N5OS/c1-10(20)17-12(4-2-3-7-15)14-19-18-13(21-14)11-5-8-16-9-6-11/h5-6,8-9,12H,2-4,7,15H2,1H3,(H,17,20). The minimum Gasteiger partial charge on any atom is -0.347 e. The van der Waals surface area contributed by atoms with Crippen LogP contribution >= 0.6 is 11.3 Å². The lowest BCUT2D eigenvalue weighted by Gasteiger charge is -2.14. The summed E-state index contributed by atoms with van der Waals surface area (Å²) < 4.78 is 0. The maximum Gasteiger partial charge on any atom is 0.217 e. The molecule has 7 heteroatoms. The van der Waals surface area contributed by atoms with E-state index in [0.29, 0.717) is 6.54 Å². The van der Waals surface area contributed by atoms with Gasteiger partial charge >= 0.3 is 0 Å². The molecule has 0 bridgehead atoms. The van der Waals surface area contributed by atoms with E-state index in [1.165, 1.54) is 18.3 Å². The maximum absolute atomic E-state index is 11.3. The Hall–Kier alpha value is -1.86. The van der Waals surface area contributed by atoms with Crippen LogP contribution in [-0.2, 0) is 4.79 Å². The average Bonchev–Trinajstić information content (AvgIpc) is 2.97. The maximum atomic E-state index is 11.3. The lowest BCUT2D eigenvalue weighted by atomic mass is 10.1. The third kappa shape index (κ3) is 4.57. The Morgan fingerprint density at radius 1 is 1.33 bits per heavy atom. The Kier molecular flexibility index (Phi) is 5.77. The van der Waals surface area contributed by atoms with Gasteiger partial charge in [-0.25, -0.2) is 0 Å². The van der Waals surface area contributed by atoms with Gasteiger partial charge in [-0.15, -0.1) is 10.2 Å². The lowest BCUT2D eigenvalue weighted by Crippen LogP contribution is -2.26. The molecule has 0 radical (unpaired) electrons. The molecule has 2 heterocycles. The fraction of sp³-hybridized carbons (Fsp3) is 0.429. The van der Waals surface area contributed by atoms with Crippen molar-refractivity contribution in [2.24, 2.45) is 5.73 Å². The van der Waals surface area contributed by atoms with Gasteiger partial charge in [-0.2, -0.15) is 0 Å². The van der Waals surface area contributed by atoms with Gasteiger partial charge in [0.15, 0.2) is 0 Å². The SMILES string of the molecule is CC(=O)NC(CCCCN)c1nnc(-c2ccncc2)s1. The van der Waals surface area contributed by atoms with E-state index >= 15 is 0 Å². The van der Waals surface area contributed by atoms with E-state index in [0.717, 1.165) is 34.8 Å². The molecule has 112 valence electrons. The van der Waals surface area contributed by atoms with Crippen LogP contribution in [0.25, 0.3) is 10.6 Å². The molecule has 0 fully saturated rings. The van der Waals surface area contributed by atoms with Gasteiger partial charge in [0.2, 0.25) is 5.91 Å². The Morgan fingerprint density at radius 3 is 2.76 bits per heavy atom. The van der Waals surface area contributed by atoms with Crippen LogP contribution in [0.3, 0.4) is 0 Å². The van der Waals surface area contributed by atoms with Crippen molar-refractivity contribution < 1.29 is 4.79 Å². The van der Waals surface area contributed by atoms with Crippen LogP contribution in [0.15, 0.2) is 24.5 Å². The van der Waals surface area contributed by atoms with Crippen LogP contribution in [0.4, 0.5) is 0 Å². The first-order chi connectivity index (χ1) is 10.2. The Labute approximate surface area is 127 Å². The van der Waals surface area contributed by atoms with Crippen LogP contribution in [0.5, 0.6) is 0 Å². The third-order valence-corrected chi connectivity index (χ3v) is 4.08. The van der Waals surface area contributed by atoms with Gasteiger partial charge in [-0.05, 0) is 37.9 Å². The van der Waals surface area contributed by atoms with Crippen LogP contribution in [0.2, 0.25) is 0 Å². The smallest absolute Gasteiger partial charge is 0.217 e. The summed E-state index contributed by atoms with van der Waals surface area (Å²) in [4.78, 5) is 15.3. The van der Waals surface area contributed by atoms with Gasteiger partial charge in [0.05, 0.1) is 6.04 Å². The first kappa shape index (κ1) is 15.5. The monoisotopic (exact) mass is 305 g/mol. The highest BCUT2D eigenvalue weighted by molar-refractivity contribution is 7.14. The van der Waals surface area contributed by atoms with E-state index in [-0.39, 0.29) is 11.9 Å². The Morgan fingerprint density at radius 2 is 2.10 bits per heavy atom. The molecule has 21 heavy (non-hydrogen) atoms. The van der Waals surface area contributed by atoms with E-state index in [1.807, 2.05) is 12.1 Å². The molecule has 2 aromatic rings. The van der Waals surface area contributed by atoms with Crippen molar-refractivity contribution in [2.45, 2.75) is 32.2 Å². The topological polar surface area (TPSA) is 93.8 Å². The second-order valence-corrected chi connectivity index (χ2v) is 5.73. The number of amides is 1. The molecule has 0 spiro atoms. The third-order valence-electron chi connectivity index (χ3n) is 2.99.